The molecule has 29 heavy (non-hydrogen) atoms. The Morgan fingerprint density at radius 3 is 2.62 bits per heavy atom. The Bertz CT molecular complexity index is 1000. The van der Waals surface area contributed by atoms with Crippen molar-refractivity contribution in [2.75, 3.05) is 5.01 Å². The molecule has 6 nitrogen and oxygen atoms in total. The number of benzene rings is 2. The summed E-state index contributed by atoms with van der Waals surface area (Å²) in [6.07, 6.45) is 5.00. The van der Waals surface area contributed by atoms with E-state index in [2.05, 4.69) is 10.7 Å². The van der Waals surface area contributed by atoms with Crippen LogP contribution in [-0.4, -0.2) is 17.7 Å². The summed E-state index contributed by atoms with van der Waals surface area (Å²) in [5.41, 5.74) is 4.43. The van der Waals surface area contributed by atoms with Gasteiger partial charge in [-0.2, -0.15) is 0 Å². The van der Waals surface area contributed by atoms with Crippen molar-refractivity contribution in [3.63, 3.8) is 0 Å². The van der Waals surface area contributed by atoms with E-state index in [0.717, 1.165) is 5.56 Å². The summed E-state index contributed by atoms with van der Waals surface area (Å²) < 4.78 is 0. The average molecular weight is 410 g/mol. The fraction of sp³-hybridized carbons (Fsp3) is 0.227. The second-order valence-electron chi connectivity index (χ2n) is 7.17. The minimum atomic E-state index is -0.367. The van der Waals surface area contributed by atoms with Gasteiger partial charge in [-0.15, -0.1) is 0 Å². The molecule has 2 aliphatic rings. The van der Waals surface area contributed by atoms with Gasteiger partial charge in [0, 0.05) is 17.1 Å². The molecule has 2 aromatic carbocycles. The molecule has 0 aromatic heterocycles. The highest BCUT2D eigenvalue weighted by atomic mass is 35.5. The van der Waals surface area contributed by atoms with Gasteiger partial charge in [-0.1, -0.05) is 42.0 Å². The van der Waals surface area contributed by atoms with Crippen molar-refractivity contribution < 1.29 is 14.4 Å². The van der Waals surface area contributed by atoms with E-state index in [1.807, 2.05) is 24.3 Å². The van der Waals surface area contributed by atoms with E-state index in [4.69, 9.17) is 11.6 Å². The van der Waals surface area contributed by atoms with Crippen molar-refractivity contribution in [1.82, 2.24) is 10.7 Å². The zero-order chi connectivity index (χ0) is 20.4. The molecule has 0 radical (unpaired) electrons. The first-order valence-corrected chi connectivity index (χ1v) is 9.83. The first-order valence-electron chi connectivity index (χ1n) is 9.45. The number of nitrogens with one attached hydrogen (secondary N) is 2. The van der Waals surface area contributed by atoms with Crippen LogP contribution in [0.3, 0.4) is 0 Å². The maximum Gasteiger partial charge on any atom is 0.251 e. The van der Waals surface area contributed by atoms with Crippen molar-refractivity contribution >= 4 is 35.0 Å². The van der Waals surface area contributed by atoms with Crippen LogP contribution in [0.2, 0.25) is 5.02 Å². The third-order valence-corrected chi connectivity index (χ3v) is 5.47. The molecule has 1 aliphatic carbocycles. The van der Waals surface area contributed by atoms with Gasteiger partial charge < -0.3 is 5.32 Å². The molecule has 1 fully saturated rings. The summed E-state index contributed by atoms with van der Waals surface area (Å²) in [6, 6.07) is 13.9. The molecule has 2 aromatic rings. The van der Waals surface area contributed by atoms with Crippen LogP contribution in [0.15, 0.2) is 60.7 Å². The van der Waals surface area contributed by atoms with E-state index in [1.165, 1.54) is 5.01 Å². The summed E-state index contributed by atoms with van der Waals surface area (Å²) in [7, 11) is 0. The molecule has 1 aliphatic heterocycles. The number of carbonyl (C=O) groups excluding carboxylic acids is 3. The third-order valence-electron chi connectivity index (χ3n) is 5.24. The van der Waals surface area contributed by atoms with Gasteiger partial charge in [0.15, 0.2) is 0 Å². The Morgan fingerprint density at radius 2 is 1.83 bits per heavy atom. The van der Waals surface area contributed by atoms with Gasteiger partial charge >= 0.3 is 0 Å². The van der Waals surface area contributed by atoms with Gasteiger partial charge in [-0.25, -0.2) is 5.01 Å². The number of nitrogens with zero attached hydrogens (tertiary/aromatic N) is 1. The minimum Gasteiger partial charge on any atom is -0.348 e. The van der Waals surface area contributed by atoms with Crippen molar-refractivity contribution in [3.05, 3.63) is 76.8 Å². The number of hydrogen-bond acceptors (Lipinski definition) is 3. The number of halogens is 1. The monoisotopic (exact) mass is 409 g/mol. The fourth-order valence-electron chi connectivity index (χ4n) is 3.70. The van der Waals surface area contributed by atoms with Crippen molar-refractivity contribution in [1.29, 1.82) is 0 Å². The van der Waals surface area contributed by atoms with E-state index in [9.17, 15) is 14.4 Å². The van der Waals surface area contributed by atoms with Crippen LogP contribution in [0.1, 0.15) is 28.8 Å². The first-order chi connectivity index (χ1) is 14.0. The second-order valence-corrected chi connectivity index (χ2v) is 7.60. The highest BCUT2D eigenvalue weighted by Crippen LogP contribution is 2.32. The third kappa shape index (κ3) is 4.03. The largest absolute Gasteiger partial charge is 0.348 e. The Kier molecular flexibility index (Phi) is 5.36. The van der Waals surface area contributed by atoms with Gasteiger partial charge in [-0.3, -0.25) is 19.8 Å². The van der Waals surface area contributed by atoms with Gasteiger partial charge in [-0.05, 0) is 48.7 Å². The summed E-state index contributed by atoms with van der Waals surface area (Å²) in [5, 5.41) is 4.71. The summed E-state index contributed by atoms with van der Waals surface area (Å²) in [5.74, 6) is -1.30. The van der Waals surface area contributed by atoms with Gasteiger partial charge in [0.05, 0.1) is 17.5 Å². The molecule has 1 heterocycles. The predicted octanol–water partition coefficient (Wildman–Crippen LogP) is 3.23. The maximum atomic E-state index is 12.9. The Labute approximate surface area is 173 Å². The average Bonchev–Trinajstić information content (AvgIpc) is 2.75. The predicted molar refractivity (Wildman–Crippen MR) is 110 cm³/mol. The number of anilines is 1. The van der Waals surface area contributed by atoms with Crippen LogP contribution in [0, 0.1) is 11.8 Å². The maximum absolute atomic E-state index is 12.9. The van der Waals surface area contributed by atoms with Crippen LogP contribution in [0.25, 0.3) is 0 Å². The lowest BCUT2D eigenvalue weighted by molar-refractivity contribution is -0.139. The van der Waals surface area contributed by atoms with Crippen molar-refractivity contribution in [2.45, 2.75) is 19.4 Å². The molecular formula is C22H20ClN3O3. The Balaban J connectivity index is 1.49. The van der Waals surface area contributed by atoms with Gasteiger partial charge in [0.1, 0.15) is 0 Å². The smallest absolute Gasteiger partial charge is 0.251 e. The molecule has 0 saturated carbocycles. The number of fused-ring (bicyclic) bond motifs is 1. The number of hydrogen-bond donors (Lipinski definition) is 2. The van der Waals surface area contributed by atoms with Gasteiger partial charge in [0.2, 0.25) is 11.8 Å². The molecule has 2 atom stereocenters. The number of carbonyl (C=O) groups is 3. The summed E-state index contributed by atoms with van der Waals surface area (Å²) in [4.78, 5) is 37.9. The minimum absolute atomic E-state index is 0.157. The Morgan fingerprint density at radius 1 is 1.07 bits per heavy atom. The first kappa shape index (κ1) is 19.2. The van der Waals surface area contributed by atoms with Crippen molar-refractivity contribution in [2.24, 2.45) is 11.8 Å². The molecule has 148 valence electrons. The zero-order valence-corrected chi connectivity index (χ0v) is 16.4. The van der Waals surface area contributed by atoms with Crippen LogP contribution in [0.5, 0.6) is 0 Å². The number of rotatable bonds is 4. The number of amides is 3. The lowest BCUT2D eigenvalue weighted by Crippen LogP contribution is -2.59. The number of hydrazine groups is 1. The zero-order valence-electron chi connectivity index (χ0n) is 15.6. The molecule has 7 heteroatoms. The van der Waals surface area contributed by atoms with E-state index < -0.39 is 0 Å². The highest BCUT2D eigenvalue weighted by Gasteiger charge is 2.42. The number of allylic oxidation sites excluding steroid dienone is 2. The second kappa shape index (κ2) is 8.09. The normalized spacial score (nSPS) is 20.8. The molecular weight excluding hydrogens is 390 g/mol. The molecule has 3 amide bonds. The quantitative estimate of drug-likeness (QED) is 0.761. The highest BCUT2D eigenvalue weighted by molar-refractivity contribution is 6.30. The lowest BCUT2D eigenvalue weighted by atomic mass is 9.80. The standard InChI is InChI=1S/C22H20ClN3O3/c23-16-7-3-5-14(11-16)13-24-20(27)15-6-4-8-17(12-15)26-22(29)19-10-2-1-9-18(19)21(28)25-26/h1-8,11-12,18-19H,9-10,13H2,(H,24,27)(H,25,28)/t18-,19+/m1/s1. The molecule has 2 N–H and O–H groups in total. The summed E-state index contributed by atoms with van der Waals surface area (Å²) in [6.45, 7) is 0.332. The molecule has 4 rings (SSSR count). The molecule has 0 bridgehead atoms. The van der Waals surface area contributed by atoms with Crippen molar-refractivity contribution in [3.8, 4) is 0 Å². The lowest BCUT2D eigenvalue weighted by Gasteiger charge is -2.38. The van der Waals surface area contributed by atoms with Crippen LogP contribution < -0.4 is 15.8 Å². The molecule has 1 saturated heterocycles. The van der Waals surface area contributed by atoms with E-state index in [-0.39, 0.29) is 29.6 Å². The topological polar surface area (TPSA) is 78.5 Å². The van der Waals surface area contributed by atoms with E-state index in [1.54, 1.807) is 36.4 Å². The summed E-state index contributed by atoms with van der Waals surface area (Å²) >= 11 is 5.97. The van der Waals surface area contributed by atoms with Crippen LogP contribution >= 0.6 is 11.6 Å². The molecule has 0 unspecified atom stereocenters. The van der Waals surface area contributed by atoms with Crippen LogP contribution in [0.4, 0.5) is 5.69 Å². The van der Waals surface area contributed by atoms with Crippen LogP contribution in [-0.2, 0) is 16.1 Å². The fourth-order valence-corrected chi connectivity index (χ4v) is 3.91. The van der Waals surface area contributed by atoms with E-state index in [0.29, 0.717) is 35.7 Å². The van der Waals surface area contributed by atoms with E-state index >= 15 is 0 Å². The van der Waals surface area contributed by atoms with Gasteiger partial charge in [0.25, 0.3) is 5.91 Å². The Hall–Kier alpha value is -3.12. The molecule has 0 spiro atoms. The SMILES string of the molecule is O=C(NCc1cccc(Cl)c1)c1cccc(N2NC(=O)[C@@H]3CC=CC[C@@H]3C2=O)c1.